The van der Waals surface area contributed by atoms with Crippen molar-refractivity contribution in [3.05, 3.63) is 81.4 Å². The first-order valence-corrected chi connectivity index (χ1v) is 7.04. The number of rotatable bonds is 2. The fraction of sp³-hybridized carbons (Fsp3) is 0. The Labute approximate surface area is 132 Å². The van der Waals surface area contributed by atoms with E-state index in [0.29, 0.717) is 21.4 Å². The van der Waals surface area contributed by atoms with Crippen LogP contribution in [0.25, 0.3) is 11.8 Å². The summed E-state index contributed by atoms with van der Waals surface area (Å²) in [5.74, 6) is 0.159. The van der Waals surface area contributed by atoms with Gasteiger partial charge in [-0.1, -0.05) is 35.3 Å². The lowest BCUT2D eigenvalue weighted by Crippen LogP contribution is -1.97. The summed E-state index contributed by atoms with van der Waals surface area (Å²) >= 11 is 11.7. The van der Waals surface area contributed by atoms with Crippen molar-refractivity contribution in [2.45, 2.75) is 0 Å². The minimum Gasteiger partial charge on any atom is -0.422 e. The summed E-state index contributed by atoms with van der Waals surface area (Å²) < 4.78 is 5.28. The van der Waals surface area contributed by atoms with Gasteiger partial charge in [0.25, 0.3) is 0 Å². The topological polar surface area (TPSA) is 26.3 Å². The second-order valence-corrected chi connectivity index (χ2v) is 5.43. The molecule has 0 radical (unpaired) electrons. The highest BCUT2D eigenvalue weighted by molar-refractivity contribution is 6.30. The maximum atomic E-state index is 11.9. The third-order valence-electron chi connectivity index (χ3n) is 3.05. The maximum Gasteiger partial charge on any atom is 0.343 e. The smallest absolute Gasteiger partial charge is 0.343 e. The first-order chi connectivity index (χ1) is 10.1. The number of halogens is 2. The average molecular weight is 317 g/mol. The van der Waals surface area contributed by atoms with E-state index in [0.717, 1.165) is 11.1 Å². The Morgan fingerprint density at radius 3 is 2.05 bits per heavy atom. The van der Waals surface area contributed by atoms with Gasteiger partial charge in [-0.3, -0.25) is 0 Å². The number of cyclic esters (lactones) is 1. The second-order valence-electron chi connectivity index (χ2n) is 4.56. The Kier molecular flexibility index (Phi) is 3.82. The van der Waals surface area contributed by atoms with Crippen molar-refractivity contribution in [3.8, 4) is 0 Å². The van der Waals surface area contributed by atoms with E-state index in [9.17, 15) is 4.79 Å². The Morgan fingerprint density at radius 1 is 0.857 bits per heavy atom. The molecule has 0 amide bonds. The van der Waals surface area contributed by atoms with Gasteiger partial charge in [0.05, 0.1) is 5.57 Å². The van der Waals surface area contributed by atoms with Crippen LogP contribution in [0.5, 0.6) is 0 Å². The van der Waals surface area contributed by atoms with E-state index in [1.807, 2.05) is 24.3 Å². The minimum absolute atomic E-state index is 0.366. The van der Waals surface area contributed by atoms with Crippen molar-refractivity contribution < 1.29 is 9.53 Å². The predicted octanol–water partition coefficient (Wildman–Crippen LogP) is 4.97. The second kappa shape index (κ2) is 5.76. The number of hydrogen-bond acceptors (Lipinski definition) is 2. The molecule has 2 aromatic rings. The van der Waals surface area contributed by atoms with Crippen LogP contribution < -0.4 is 0 Å². The van der Waals surface area contributed by atoms with Crippen LogP contribution in [0.15, 0.2) is 60.2 Å². The normalized spacial score (nSPS) is 16.0. The minimum atomic E-state index is -0.366. The molecule has 0 fully saturated rings. The molecule has 21 heavy (non-hydrogen) atoms. The third kappa shape index (κ3) is 3.18. The summed E-state index contributed by atoms with van der Waals surface area (Å²) in [6, 6.07) is 14.4. The van der Waals surface area contributed by atoms with Gasteiger partial charge in [0, 0.05) is 15.6 Å². The van der Waals surface area contributed by atoms with Gasteiger partial charge in [0.15, 0.2) is 0 Å². The van der Waals surface area contributed by atoms with Crippen LogP contribution >= 0.6 is 23.2 Å². The summed E-state index contributed by atoms with van der Waals surface area (Å²) in [5.41, 5.74) is 2.20. The van der Waals surface area contributed by atoms with Gasteiger partial charge in [0.2, 0.25) is 0 Å². The lowest BCUT2D eigenvalue weighted by atomic mass is 10.1. The molecule has 0 spiro atoms. The molecule has 1 aliphatic heterocycles. The van der Waals surface area contributed by atoms with E-state index in [2.05, 4.69) is 0 Å². The molecule has 104 valence electrons. The molecule has 1 heterocycles. The Hall–Kier alpha value is -2.03. The Balaban J connectivity index is 1.91. The van der Waals surface area contributed by atoms with E-state index in [4.69, 9.17) is 27.9 Å². The van der Waals surface area contributed by atoms with Crippen LogP contribution in [0, 0.1) is 0 Å². The predicted molar refractivity (Wildman–Crippen MR) is 85.0 cm³/mol. The third-order valence-corrected chi connectivity index (χ3v) is 3.55. The standard InChI is InChI=1S/C17H10Cl2O2/c18-14-5-1-11(2-6-14)9-13-10-16(21-17(13)20)12-3-7-15(19)8-4-12/h1-10H/b13-9+. The maximum absolute atomic E-state index is 11.9. The summed E-state index contributed by atoms with van der Waals surface area (Å²) in [6.45, 7) is 0. The molecule has 0 unspecified atom stereocenters. The van der Waals surface area contributed by atoms with Crippen LogP contribution in [-0.2, 0) is 9.53 Å². The SMILES string of the molecule is O=C1OC(c2ccc(Cl)cc2)=C/C1=C\c1ccc(Cl)cc1. The molecule has 0 atom stereocenters. The van der Waals surface area contributed by atoms with Crippen molar-refractivity contribution in [1.29, 1.82) is 0 Å². The zero-order valence-corrected chi connectivity index (χ0v) is 12.4. The first-order valence-electron chi connectivity index (χ1n) is 6.29. The first kappa shape index (κ1) is 13.9. The van der Waals surface area contributed by atoms with Crippen LogP contribution in [0.4, 0.5) is 0 Å². The Bertz CT molecular complexity index is 741. The Morgan fingerprint density at radius 2 is 1.43 bits per heavy atom. The molecule has 0 saturated heterocycles. The number of esters is 1. The molecule has 1 aliphatic rings. The fourth-order valence-corrected chi connectivity index (χ4v) is 2.24. The summed E-state index contributed by atoms with van der Waals surface area (Å²) in [7, 11) is 0. The molecule has 0 N–H and O–H groups in total. The van der Waals surface area contributed by atoms with Gasteiger partial charge in [0.1, 0.15) is 5.76 Å². The zero-order chi connectivity index (χ0) is 14.8. The molecular weight excluding hydrogens is 307 g/mol. The van der Waals surface area contributed by atoms with Crippen LogP contribution in [0.3, 0.4) is 0 Å². The van der Waals surface area contributed by atoms with Gasteiger partial charge in [-0.25, -0.2) is 4.79 Å². The largest absolute Gasteiger partial charge is 0.422 e. The van der Waals surface area contributed by atoms with Crippen LogP contribution in [-0.4, -0.2) is 5.97 Å². The number of benzene rings is 2. The van der Waals surface area contributed by atoms with Gasteiger partial charge in [-0.2, -0.15) is 0 Å². The monoisotopic (exact) mass is 316 g/mol. The fourth-order valence-electron chi connectivity index (χ4n) is 1.98. The van der Waals surface area contributed by atoms with E-state index in [-0.39, 0.29) is 5.97 Å². The molecule has 0 bridgehead atoms. The van der Waals surface area contributed by atoms with Crippen molar-refractivity contribution in [1.82, 2.24) is 0 Å². The van der Waals surface area contributed by atoms with Gasteiger partial charge in [-0.05, 0) is 54.1 Å². The van der Waals surface area contributed by atoms with Crippen LogP contribution in [0.1, 0.15) is 11.1 Å². The van der Waals surface area contributed by atoms with Crippen molar-refractivity contribution in [3.63, 3.8) is 0 Å². The van der Waals surface area contributed by atoms with E-state index in [1.54, 1.807) is 36.4 Å². The van der Waals surface area contributed by atoms with Gasteiger partial charge < -0.3 is 4.74 Å². The molecule has 4 heteroatoms. The van der Waals surface area contributed by atoms with E-state index >= 15 is 0 Å². The van der Waals surface area contributed by atoms with E-state index in [1.165, 1.54) is 0 Å². The molecule has 2 nitrogen and oxygen atoms in total. The highest BCUT2D eigenvalue weighted by Gasteiger charge is 2.21. The van der Waals surface area contributed by atoms with Crippen LogP contribution in [0.2, 0.25) is 10.0 Å². The molecular formula is C17H10Cl2O2. The molecule has 0 saturated carbocycles. The highest BCUT2D eigenvalue weighted by Crippen LogP contribution is 2.28. The average Bonchev–Trinajstić information content (AvgIpc) is 2.83. The molecule has 0 aliphatic carbocycles. The summed E-state index contributed by atoms with van der Waals surface area (Å²) in [5, 5.41) is 1.30. The number of ether oxygens (including phenoxy) is 1. The van der Waals surface area contributed by atoms with Gasteiger partial charge >= 0.3 is 5.97 Å². The lowest BCUT2D eigenvalue weighted by Gasteiger charge is -2.01. The quantitative estimate of drug-likeness (QED) is 0.577. The van der Waals surface area contributed by atoms with E-state index < -0.39 is 0 Å². The molecule has 0 aromatic heterocycles. The highest BCUT2D eigenvalue weighted by atomic mass is 35.5. The van der Waals surface area contributed by atoms with Crippen molar-refractivity contribution in [2.24, 2.45) is 0 Å². The van der Waals surface area contributed by atoms with Gasteiger partial charge in [-0.15, -0.1) is 0 Å². The zero-order valence-electron chi connectivity index (χ0n) is 10.8. The summed E-state index contributed by atoms with van der Waals surface area (Å²) in [6.07, 6.45) is 3.49. The summed E-state index contributed by atoms with van der Waals surface area (Å²) in [4.78, 5) is 11.9. The van der Waals surface area contributed by atoms with Crippen molar-refractivity contribution in [2.75, 3.05) is 0 Å². The number of carbonyl (C=O) groups is 1. The lowest BCUT2D eigenvalue weighted by molar-refractivity contribution is -0.130. The van der Waals surface area contributed by atoms with Crippen molar-refractivity contribution >= 4 is 41.0 Å². The molecule has 3 rings (SSSR count). The molecule has 2 aromatic carbocycles. The number of hydrogen-bond donors (Lipinski definition) is 0. The number of carbonyl (C=O) groups excluding carboxylic acids is 1.